The molecule has 134 valence electrons. The summed E-state index contributed by atoms with van der Waals surface area (Å²) in [5.41, 5.74) is 2.11. The molecule has 0 aliphatic carbocycles. The summed E-state index contributed by atoms with van der Waals surface area (Å²) in [6, 6.07) is 12.4. The van der Waals surface area contributed by atoms with Crippen LogP contribution in [0.25, 0.3) is 10.9 Å². The van der Waals surface area contributed by atoms with Gasteiger partial charge in [-0.1, -0.05) is 23.4 Å². The fourth-order valence-electron chi connectivity index (χ4n) is 2.61. The lowest BCUT2D eigenvalue weighted by atomic mass is 10.2. The number of benzene rings is 1. The zero-order chi connectivity index (χ0) is 16.6. The monoisotopic (exact) mass is 453 g/mol. The van der Waals surface area contributed by atoms with Crippen molar-refractivity contribution in [1.82, 2.24) is 20.4 Å². The largest absolute Gasteiger partial charge is 0.364 e. The summed E-state index contributed by atoms with van der Waals surface area (Å²) in [7, 11) is 0. The summed E-state index contributed by atoms with van der Waals surface area (Å²) in [6.07, 6.45) is 4.73. The van der Waals surface area contributed by atoms with Gasteiger partial charge in [0.1, 0.15) is 12.0 Å². The van der Waals surface area contributed by atoms with Crippen molar-refractivity contribution in [3.05, 3.63) is 54.6 Å². The molecule has 0 aliphatic heterocycles. The zero-order valence-corrected chi connectivity index (χ0v) is 16.6. The summed E-state index contributed by atoms with van der Waals surface area (Å²) in [5, 5.41) is 11.8. The summed E-state index contributed by atoms with van der Waals surface area (Å²) >= 11 is 0. The second kappa shape index (κ2) is 10.1. The average molecular weight is 453 g/mol. The molecule has 2 aromatic heterocycles. The molecule has 0 unspecified atom stereocenters. The maximum absolute atomic E-state index is 4.82. The molecule has 0 saturated heterocycles. The maximum Gasteiger partial charge on any atom is 0.191 e. The predicted molar refractivity (Wildman–Crippen MR) is 111 cm³/mol. The van der Waals surface area contributed by atoms with E-state index < -0.39 is 0 Å². The number of nitrogens with one attached hydrogen (secondary N) is 2. The lowest BCUT2D eigenvalue weighted by Gasteiger charge is -2.11. The van der Waals surface area contributed by atoms with E-state index in [4.69, 9.17) is 4.52 Å². The number of fused-ring (bicyclic) bond motifs is 1. The number of aromatic nitrogens is 2. The van der Waals surface area contributed by atoms with E-state index in [0.717, 1.165) is 37.7 Å². The molecule has 0 bridgehead atoms. The Bertz CT molecular complexity index is 782. The molecule has 0 atom stereocenters. The Morgan fingerprint density at radius 1 is 1.20 bits per heavy atom. The molecule has 25 heavy (non-hydrogen) atoms. The average Bonchev–Trinajstić information content (AvgIpc) is 3.26. The quantitative estimate of drug-likeness (QED) is 0.249. The number of aliphatic imine (C=N–C) groups is 1. The number of rotatable bonds is 7. The molecule has 0 radical (unpaired) electrons. The molecule has 0 amide bonds. The Balaban J connectivity index is 0.00000225. The minimum atomic E-state index is 0. The third kappa shape index (κ3) is 5.48. The highest BCUT2D eigenvalue weighted by atomic mass is 127. The van der Waals surface area contributed by atoms with Crippen molar-refractivity contribution in [3.8, 4) is 0 Å². The lowest BCUT2D eigenvalue weighted by molar-refractivity contribution is 0.412. The number of para-hydroxylation sites is 1. The van der Waals surface area contributed by atoms with Crippen LogP contribution in [0.2, 0.25) is 0 Å². The Kier molecular flexibility index (Phi) is 7.77. The summed E-state index contributed by atoms with van der Waals surface area (Å²) in [5.74, 6) is 0.804. The fraction of sp³-hybridized carbons (Fsp3) is 0.333. The third-order valence-corrected chi connectivity index (χ3v) is 3.78. The normalized spacial score (nSPS) is 11.3. The minimum absolute atomic E-state index is 0. The first kappa shape index (κ1) is 19.3. The second-order valence-electron chi connectivity index (χ2n) is 5.53. The van der Waals surface area contributed by atoms with E-state index in [1.807, 2.05) is 6.07 Å². The van der Waals surface area contributed by atoms with Crippen LogP contribution in [0, 0.1) is 0 Å². The molecule has 2 N–H and O–H groups in total. The minimum Gasteiger partial charge on any atom is -0.364 e. The van der Waals surface area contributed by atoms with E-state index in [2.05, 4.69) is 68.8 Å². The van der Waals surface area contributed by atoms with Crippen molar-refractivity contribution in [2.45, 2.75) is 26.4 Å². The summed E-state index contributed by atoms with van der Waals surface area (Å²) in [4.78, 5) is 4.51. The van der Waals surface area contributed by atoms with Gasteiger partial charge in [0.25, 0.3) is 0 Å². The molecule has 0 aliphatic rings. The van der Waals surface area contributed by atoms with Crippen LogP contribution in [0.3, 0.4) is 0 Å². The van der Waals surface area contributed by atoms with Gasteiger partial charge in [0.2, 0.25) is 0 Å². The van der Waals surface area contributed by atoms with E-state index in [-0.39, 0.29) is 24.0 Å². The Labute approximate surface area is 164 Å². The second-order valence-corrected chi connectivity index (χ2v) is 5.53. The summed E-state index contributed by atoms with van der Waals surface area (Å²) < 4.78 is 7.11. The van der Waals surface area contributed by atoms with Gasteiger partial charge in [0, 0.05) is 37.4 Å². The predicted octanol–water partition coefficient (Wildman–Crippen LogP) is 3.39. The maximum atomic E-state index is 4.82. The number of hydrogen-bond acceptors (Lipinski definition) is 3. The molecule has 3 aromatic rings. The molecule has 2 heterocycles. The molecular formula is C18H24IN5O. The van der Waals surface area contributed by atoms with Crippen LogP contribution >= 0.6 is 24.0 Å². The smallest absolute Gasteiger partial charge is 0.191 e. The van der Waals surface area contributed by atoms with Crippen LogP contribution in [0.5, 0.6) is 0 Å². The highest BCUT2D eigenvalue weighted by Gasteiger charge is 2.01. The van der Waals surface area contributed by atoms with Gasteiger partial charge in [-0.25, -0.2) is 4.99 Å². The van der Waals surface area contributed by atoms with Gasteiger partial charge in [-0.05, 0) is 30.9 Å². The van der Waals surface area contributed by atoms with Crippen molar-refractivity contribution in [1.29, 1.82) is 0 Å². The van der Waals surface area contributed by atoms with Crippen LogP contribution in [-0.4, -0.2) is 28.8 Å². The topological polar surface area (TPSA) is 67.4 Å². The SMILES string of the molecule is CCNC(=NCc1ccon1)NCCCn1ccc2ccccc21.I. The number of aryl methyl sites for hydroxylation is 1. The number of guanidine groups is 1. The highest BCUT2D eigenvalue weighted by molar-refractivity contribution is 14.0. The Hall–Kier alpha value is -2.03. The van der Waals surface area contributed by atoms with Crippen molar-refractivity contribution >= 4 is 40.8 Å². The molecular weight excluding hydrogens is 429 g/mol. The van der Waals surface area contributed by atoms with E-state index >= 15 is 0 Å². The van der Waals surface area contributed by atoms with Crippen LogP contribution in [0.15, 0.2) is 58.4 Å². The van der Waals surface area contributed by atoms with Gasteiger partial charge < -0.3 is 19.7 Å². The van der Waals surface area contributed by atoms with Gasteiger partial charge in [0.15, 0.2) is 5.96 Å². The number of nitrogens with zero attached hydrogens (tertiary/aromatic N) is 3. The van der Waals surface area contributed by atoms with Gasteiger partial charge >= 0.3 is 0 Å². The van der Waals surface area contributed by atoms with Crippen molar-refractivity contribution in [2.75, 3.05) is 13.1 Å². The molecule has 7 heteroatoms. The molecule has 3 rings (SSSR count). The van der Waals surface area contributed by atoms with Crippen molar-refractivity contribution < 1.29 is 4.52 Å². The Morgan fingerprint density at radius 2 is 2.08 bits per heavy atom. The van der Waals surface area contributed by atoms with E-state index in [9.17, 15) is 0 Å². The molecule has 0 saturated carbocycles. The zero-order valence-electron chi connectivity index (χ0n) is 14.3. The number of hydrogen-bond donors (Lipinski definition) is 2. The first-order valence-corrected chi connectivity index (χ1v) is 8.32. The molecule has 0 fully saturated rings. The van der Waals surface area contributed by atoms with E-state index in [1.165, 1.54) is 10.9 Å². The Morgan fingerprint density at radius 3 is 2.88 bits per heavy atom. The first-order valence-electron chi connectivity index (χ1n) is 8.32. The molecule has 6 nitrogen and oxygen atoms in total. The fourth-order valence-corrected chi connectivity index (χ4v) is 2.61. The van der Waals surface area contributed by atoms with Crippen molar-refractivity contribution in [2.24, 2.45) is 4.99 Å². The van der Waals surface area contributed by atoms with Crippen LogP contribution < -0.4 is 10.6 Å². The van der Waals surface area contributed by atoms with Crippen LogP contribution in [0.1, 0.15) is 19.0 Å². The van der Waals surface area contributed by atoms with Gasteiger partial charge in [-0.2, -0.15) is 0 Å². The number of halogens is 1. The van der Waals surface area contributed by atoms with Crippen LogP contribution in [0.4, 0.5) is 0 Å². The van der Waals surface area contributed by atoms with Gasteiger partial charge in [-0.3, -0.25) is 0 Å². The molecule has 1 aromatic carbocycles. The third-order valence-electron chi connectivity index (χ3n) is 3.78. The van der Waals surface area contributed by atoms with Gasteiger partial charge in [0.05, 0.1) is 6.54 Å². The van der Waals surface area contributed by atoms with E-state index in [0.29, 0.717) is 6.54 Å². The highest BCUT2D eigenvalue weighted by Crippen LogP contribution is 2.15. The lowest BCUT2D eigenvalue weighted by Crippen LogP contribution is -2.38. The first-order chi connectivity index (χ1) is 11.9. The van der Waals surface area contributed by atoms with Gasteiger partial charge in [-0.15, -0.1) is 24.0 Å². The van der Waals surface area contributed by atoms with Crippen molar-refractivity contribution in [3.63, 3.8) is 0 Å². The molecule has 0 spiro atoms. The van der Waals surface area contributed by atoms with E-state index in [1.54, 1.807) is 6.26 Å². The summed E-state index contributed by atoms with van der Waals surface area (Å²) in [6.45, 7) is 5.22. The standard InChI is InChI=1S/C18H23N5O.HI/c1-2-19-18(21-14-16-9-13-24-22-16)20-10-5-11-23-12-8-15-6-3-4-7-17(15)23;/h3-4,6-9,12-13H,2,5,10-11,14H2,1H3,(H2,19,20,21);1H. The van der Waals surface area contributed by atoms with Crippen LogP contribution in [-0.2, 0) is 13.1 Å².